The molecule has 0 radical (unpaired) electrons. The van der Waals surface area contributed by atoms with Crippen LogP contribution in [0.15, 0.2) is 110 Å². The average Bonchev–Trinajstić information content (AvgIpc) is 3.48. The minimum Gasteiger partial charge on any atom is -0.489 e. The molecule has 1 aliphatic carbocycles. The van der Waals surface area contributed by atoms with E-state index in [9.17, 15) is 0 Å². The summed E-state index contributed by atoms with van der Waals surface area (Å²) in [5.41, 5.74) is 16.5. The van der Waals surface area contributed by atoms with Crippen molar-refractivity contribution >= 4 is 13.3 Å². The zero-order chi connectivity index (χ0) is 38.8. The van der Waals surface area contributed by atoms with E-state index in [0.717, 1.165) is 18.6 Å². The summed E-state index contributed by atoms with van der Waals surface area (Å²) in [5.74, 6) is 1.07. The predicted octanol–water partition coefficient (Wildman–Crippen LogP) is 14.1. The van der Waals surface area contributed by atoms with E-state index in [-0.39, 0.29) is 16.4 Å². The molecular formula is C52H64OSi. The fourth-order valence-electron chi connectivity index (χ4n) is 8.44. The largest absolute Gasteiger partial charge is 0.489 e. The number of rotatable bonds is 13. The molecule has 6 rings (SSSR count). The first-order valence-corrected chi connectivity index (χ1v) is 23.6. The van der Waals surface area contributed by atoms with Crippen LogP contribution in [0.1, 0.15) is 120 Å². The zero-order valence-corrected chi connectivity index (χ0v) is 36.0. The fraction of sp³-hybridized carbons (Fsp3) is 0.385. The van der Waals surface area contributed by atoms with E-state index in [4.69, 9.17) is 4.74 Å². The number of hydrogen-bond donors (Lipinski definition) is 0. The van der Waals surface area contributed by atoms with Gasteiger partial charge in [0.05, 0.1) is 8.07 Å². The molecule has 0 N–H and O–H groups in total. The molecule has 282 valence electrons. The molecule has 0 fully saturated rings. The number of hydrogen-bond acceptors (Lipinski definition) is 1. The highest BCUT2D eigenvalue weighted by Gasteiger charge is 2.45. The maximum atomic E-state index is 6.81. The molecule has 0 aliphatic heterocycles. The van der Waals surface area contributed by atoms with Crippen molar-refractivity contribution in [2.45, 2.75) is 123 Å². The Morgan fingerprint density at radius 1 is 0.611 bits per heavy atom. The Kier molecular flexibility index (Phi) is 11.7. The van der Waals surface area contributed by atoms with Crippen molar-refractivity contribution in [3.05, 3.63) is 143 Å². The van der Waals surface area contributed by atoms with Gasteiger partial charge in [0.2, 0.25) is 0 Å². The first-order chi connectivity index (χ1) is 25.7. The molecular weight excluding hydrogens is 669 g/mol. The van der Waals surface area contributed by atoms with Crippen LogP contribution in [0.3, 0.4) is 0 Å². The molecule has 2 heteroatoms. The van der Waals surface area contributed by atoms with Crippen molar-refractivity contribution in [3.63, 3.8) is 0 Å². The molecule has 1 nitrogen and oxygen atoms in total. The van der Waals surface area contributed by atoms with Gasteiger partial charge >= 0.3 is 0 Å². The van der Waals surface area contributed by atoms with Crippen molar-refractivity contribution in [2.24, 2.45) is 0 Å². The summed E-state index contributed by atoms with van der Waals surface area (Å²) >= 11 is 0. The first-order valence-electron chi connectivity index (χ1n) is 20.6. The summed E-state index contributed by atoms with van der Waals surface area (Å²) < 4.78 is 6.81. The van der Waals surface area contributed by atoms with Crippen LogP contribution in [0.2, 0.25) is 13.1 Å². The standard InChI is InChI=1S/C52H64OSi/c1-12-15-17-36-19-23-38(24-20-36)40-27-29-43-44-30-28-41(39-25-21-37(22-26-39)18-16-13-2)33-46(44)50(45(43)32-40)54(10,11)48-35-42(51(4,5)6)34-47(52(7,8)9)49(48)53-31-14-3/h14,19-30,32-35,50H,3,12-13,15-18,31H2,1-2,4-11H3. The Balaban J connectivity index is 1.57. The summed E-state index contributed by atoms with van der Waals surface area (Å²) in [5, 5.41) is 1.40. The fourth-order valence-corrected chi connectivity index (χ4v) is 12.1. The molecule has 0 bridgehead atoms. The highest BCUT2D eigenvalue weighted by Crippen LogP contribution is 2.52. The second kappa shape index (κ2) is 15.9. The highest BCUT2D eigenvalue weighted by atomic mass is 28.3. The molecule has 54 heavy (non-hydrogen) atoms. The molecule has 0 aromatic heterocycles. The van der Waals surface area contributed by atoms with Crippen molar-refractivity contribution in [1.29, 1.82) is 0 Å². The lowest BCUT2D eigenvalue weighted by Gasteiger charge is -2.37. The monoisotopic (exact) mass is 732 g/mol. The van der Waals surface area contributed by atoms with Crippen molar-refractivity contribution < 1.29 is 4.74 Å². The molecule has 0 atom stereocenters. The minimum atomic E-state index is -2.42. The smallest absolute Gasteiger partial charge is 0.122 e. The highest BCUT2D eigenvalue weighted by molar-refractivity contribution is 6.92. The maximum Gasteiger partial charge on any atom is 0.122 e. The van der Waals surface area contributed by atoms with Crippen LogP contribution < -0.4 is 9.92 Å². The molecule has 5 aromatic carbocycles. The predicted molar refractivity (Wildman–Crippen MR) is 238 cm³/mol. The van der Waals surface area contributed by atoms with Gasteiger partial charge in [0.25, 0.3) is 0 Å². The topological polar surface area (TPSA) is 9.23 Å². The third-order valence-electron chi connectivity index (χ3n) is 11.8. The molecule has 0 saturated carbocycles. The van der Waals surface area contributed by atoms with Crippen LogP contribution in [-0.4, -0.2) is 14.7 Å². The third-order valence-corrected chi connectivity index (χ3v) is 15.6. The van der Waals surface area contributed by atoms with E-state index in [1.54, 1.807) is 0 Å². The van der Waals surface area contributed by atoms with Gasteiger partial charge in [-0.2, -0.15) is 0 Å². The zero-order valence-electron chi connectivity index (χ0n) is 35.0. The Morgan fingerprint density at radius 2 is 1.07 bits per heavy atom. The van der Waals surface area contributed by atoms with Gasteiger partial charge < -0.3 is 4.74 Å². The number of benzene rings is 5. The normalized spacial score (nSPS) is 13.1. The Bertz CT molecular complexity index is 1980. The first kappa shape index (κ1) is 39.5. The number of unbranched alkanes of at least 4 members (excludes halogenated alkanes) is 2. The van der Waals surface area contributed by atoms with Crippen molar-refractivity contribution in [1.82, 2.24) is 0 Å². The van der Waals surface area contributed by atoms with Gasteiger partial charge in [0.1, 0.15) is 12.4 Å². The molecule has 0 unspecified atom stereocenters. The van der Waals surface area contributed by atoms with Crippen LogP contribution in [0.5, 0.6) is 5.75 Å². The van der Waals surface area contributed by atoms with E-state index < -0.39 is 8.07 Å². The molecule has 0 amide bonds. The van der Waals surface area contributed by atoms with Gasteiger partial charge in [-0.25, -0.2) is 0 Å². The lowest BCUT2D eigenvalue weighted by Crippen LogP contribution is -2.49. The van der Waals surface area contributed by atoms with Gasteiger partial charge in [0.15, 0.2) is 0 Å². The number of aryl methyl sites for hydroxylation is 2. The van der Waals surface area contributed by atoms with E-state index in [1.165, 1.54) is 97.6 Å². The minimum absolute atomic E-state index is 0.00535. The van der Waals surface area contributed by atoms with E-state index in [1.807, 2.05) is 6.08 Å². The summed E-state index contributed by atoms with van der Waals surface area (Å²) in [6.07, 6.45) is 9.07. The quantitative estimate of drug-likeness (QED) is 0.0865. The van der Waals surface area contributed by atoms with Gasteiger partial charge in [0, 0.05) is 5.54 Å². The van der Waals surface area contributed by atoms with E-state index in [0.29, 0.717) is 6.61 Å². The lowest BCUT2D eigenvalue weighted by molar-refractivity contribution is 0.353. The third kappa shape index (κ3) is 8.11. The Morgan fingerprint density at radius 3 is 1.48 bits per heavy atom. The van der Waals surface area contributed by atoms with Crippen LogP contribution in [0, 0.1) is 0 Å². The Labute approximate surface area is 328 Å². The summed E-state index contributed by atoms with van der Waals surface area (Å²) in [6, 6.07) is 38.2. The average molecular weight is 733 g/mol. The summed E-state index contributed by atoms with van der Waals surface area (Å²) in [4.78, 5) is 0. The van der Waals surface area contributed by atoms with Gasteiger partial charge in [-0.05, 0) is 108 Å². The Hall–Kier alpha value is -4.14. The number of fused-ring (bicyclic) bond motifs is 3. The second-order valence-corrected chi connectivity index (χ2v) is 22.9. The lowest BCUT2D eigenvalue weighted by atomic mass is 9.80. The molecule has 0 heterocycles. The van der Waals surface area contributed by atoms with Crippen molar-refractivity contribution in [2.75, 3.05) is 6.61 Å². The number of ether oxygens (including phenoxy) is 1. The maximum absolute atomic E-state index is 6.81. The van der Waals surface area contributed by atoms with Gasteiger partial charge in [-0.1, -0.05) is 191 Å². The van der Waals surface area contributed by atoms with Crippen LogP contribution in [-0.2, 0) is 23.7 Å². The SMILES string of the molecule is C=CCOc1c(C(C)(C)C)cc(C(C)(C)C)cc1[Si](C)(C)C1c2cc(-c3ccc(CCCC)cc3)ccc2-c2ccc(-c3ccc(CCCC)cc3)cc21. The van der Waals surface area contributed by atoms with Crippen molar-refractivity contribution in [3.8, 4) is 39.1 Å². The summed E-state index contributed by atoms with van der Waals surface area (Å²) in [7, 11) is -2.42. The van der Waals surface area contributed by atoms with Crippen LogP contribution in [0.4, 0.5) is 0 Å². The molecule has 0 saturated heterocycles. The van der Waals surface area contributed by atoms with Gasteiger partial charge in [-0.3, -0.25) is 0 Å². The molecule has 0 spiro atoms. The summed E-state index contributed by atoms with van der Waals surface area (Å²) in [6.45, 7) is 28.3. The van der Waals surface area contributed by atoms with Crippen LogP contribution in [0.25, 0.3) is 33.4 Å². The second-order valence-electron chi connectivity index (χ2n) is 18.4. The molecule has 5 aromatic rings. The van der Waals surface area contributed by atoms with E-state index in [2.05, 4.69) is 172 Å². The molecule has 1 aliphatic rings. The van der Waals surface area contributed by atoms with Gasteiger partial charge in [-0.15, -0.1) is 0 Å². The van der Waals surface area contributed by atoms with E-state index >= 15 is 0 Å². The van der Waals surface area contributed by atoms with Crippen LogP contribution >= 0.6 is 0 Å².